The maximum absolute atomic E-state index is 13.3. The molecule has 0 aliphatic carbocycles. The number of rotatable bonds is 12. The number of carbonyl (C=O) groups excluding carboxylic acids is 3. The van der Waals surface area contributed by atoms with Crippen molar-refractivity contribution in [3.63, 3.8) is 0 Å². The Balaban J connectivity index is 1.61. The fourth-order valence-corrected chi connectivity index (χ4v) is 4.29. The van der Waals surface area contributed by atoms with E-state index in [1.165, 1.54) is 4.90 Å². The Morgan fingerprint density at radius 2 is 1.81 bits per heavy atom. The highest BCUT2D eigenvalue weighted by Crippen LogP contribution is 2.27. The third kappa shape index (κ3) is 7.39. The van der Waals surface area contributed by atoms with Crippen LogP contribution in [0.15, 0.2) is 54.6 Å². The second-order valence-electron chi connectivity index (χ2n) is 8.63. The molecular formula is C27H33N3O6. The van der Waals surface area contributed by atoms with Gasteiger partial charge in [-0.25, -0.2) is 0 Å². The van der Waals surface area contributed by atoms with Crippen molar-refractivity contribution in [3.8, 4) is 0 Å². The highest BCUT2D eigenvalue weighted by atomic mass is 16.5. The number of nitrogens with one attached hydrogen (secondary N) is 2. The highest BCUT2D eigenvalue weighted by molar-refractivity contribution is 6.02. The van der Waals surface area contributed by atoms with Crippen molar-refractivity contribution < 1.29 is 29.0 Å². The van der Waals surface area contributed by atoms with Crippen LogP contribution >= 0.6 is 0 Å². The molecule has 0 saturated heterocycles. The predicted octanol–water partition coefficient (Wildman–Crippen LogP) is 2.54. The molecule has 0 bridgehead atoms. The fraction of sp³-hybridized carbons (Fsp3) is 0.407. The normalized spacial score (nSPS) is 16.0. The molecule has 9 nitrogen and oxygen atoms in total. The first-order valence-electron chi connectivity index (χ1n) is 12.3. The van der Waals surface area contributed by atoms with Gasteiger partial charge in [-0.3, -0.25) is 29.4 Å². The average molecular weight is 496 g/mol. The number of anilines is 1. The summed E-state index contributed by atoms with van der Waals surface area (Å²) in [6.07, 6.45) is 2.67. The molecule has 0 fully saturated rings. The van der Waals surface area contributed by atoms with E-state index in [4.69, 9.17) is 4.74 Å². The predicted molar refractivity (Wildman–Crippen MR) is 135 cm³/mol. The molecule has 2 aromatic rings. The SMILES string of the molecule is CCOC(=O)C(CCCCNC(=O)c1ccccc1)NC1CCc2ccccc2N(CC(=O)O)C1=O. The summed E-state index contributed by atoms with van der Waals surface area (Å²) in [5.41, 5.74) is 2.05. The lowest BCUT2D eigenvalue weighted by Gasteiger charge is -2.27. The number of para-hydroxylation sites is 1. The number of aliphatic carboxylic acids is 1. The third-order valence-corrected chi connectivity index (χ3v) is 6.06. The van der Waals surface area contributed by atoms with Crippen LogP contribution in [0.25, 0.3) is 0 Å². The molecule has 2 amide bonds. The highest BCUT2D eigenvalue weighted by Gasteiger charge is 2.34. The van der Waals surface area contributed by atoms with Gasteiger partial charge in [0.1, 0.15) is 12.6 Å². The van der Waals surface area contributed by atoms with Gasteiger partial charge in [-0.2, -0.15) is 0 Å². The van der Waals surface area contributed by atoms with Gasteiger partial charge in [0.2, 0.25) is 5.91 Å². The van der Waals surface area contributed by atoms with Crippen LogP contribution < -0.4 is 15.5 Å². The Bertz CT molecular complexity index is 1060. The number of esters is 1. The molecule has 9 heteroatoms. The van der Waals surface area contributed by atoms with Crippen molar-refractivity contribution in [2.75, 3.05) is 24.6 Å². The van der Waals surface area contributed by atoms with Crippen LogP contribution in [0.2, 0.25) is 0 Å². The standard InChI is InChI=1S/C27H33N3O6/c1-2-36-27(35)22(13-8-9-17-28-25(33)20-11-4-3-5-12-20)29-21-16-15-19-10-6-7-14-23(19)30(26(21)34)18-24(31)32/h3-7,10-12,14,21-22,29H,2,8-9,13,15-18H2,1H3,(H,28,33)(H,31,32). The number of carboxylic acids is 1. The van der Waals surface area contributed by atoms with Crippen LogP contribution in [-0.2, 0) is 25.5 Å². The number of amides is 2. The Labute approximate surface area is 210 Å². The van der Waals surface area contributed by atoms with Gasteiger partial charge in [-0.15, -0.1) is 0 Å². The maximum atomic E-state index is 13.3. The number of hydrogen-bond donors (Lipinski definition) is 3. The van der Waals surface area contributed by atoms with Gasteiger partial charge in [-0.05, 0) is 62.8 Å². The Morgan fingerprint density at radius 1 is 1.08 bits per heavy atom. The van der Waals surface area contributed by atoms with Crippen LogP contribution in [0.5, 0.6) is 0 Å². The van der Waals surface area contributed by atoms with E-state index in [1.807, 2.05) is 18.2 Å². The Morgan fingerprint density at radius 3 is 2.53 bits per heavy atom. The third-order valence-electron chi connectivity index (χ3n) is 6.06. The molecule has 0 aromatic heterocycles. The van der Waals surface area contributed by atoms with Crippen LogP contribution in [0.3, 0.4) is 0 Å². The molecule has 1 aliphatic heterocycles. The second kappa shape index (κ2) is 13.4. The lowest BCUT2D eigenvalue weighted by atomic mass is 10.0. The number of nitrogens with zero attached hydrogens (tertiary/aromatic N) is 1. The molecule has 36 heavy (non-hydrogen) atoms. The minimum absolute atomic E-state index is 0.155. The number of ether oxygens (including phenoxy) is 1. The summed E-state index contributed by atoms with van der Waals surface area (Å²) in [6.45, 7) is 1.92. The number of carboxylic acid groups (broad SMARTS) is 1. The van der Waals surface area contributed by atoms with Gasteiger partial charge < -0.3 is 15.2 Å². The molecule has 2 aromatic carbocycles. The van der Waals surface area contributed by atoms with Crippen LogP contribution in [-0.4, -0.2) is 60.6 Å². The van der Waals surface area contributed by atoms with E-state index >= 15 is 0 Å². The lowest BCUT2D eigenvalue weighted by Crippen LogP contribution is -2.53. The first kappa shape index (κ1) is 26.9. The second-order valence-corrected chi connectivity index (χ2v) is 8.63. The zero-order valence-corrected chi connectivity index (χ0v) is 20.4. The van der Waals surface area contributed by atoms with Crippen molar-refractivity contribution in [2.24, 2.45) is 0 Å². The fourth-order valence-electron chi connectivity index (χ4n) is 4.29. The number of carbonyl (C=O) groups is 4. The van der Waals surface area contributed by atoms with Crippen molar-refractivity contribution in [2.45, 2.75) is 51.1 Å². The number of aryl methyl sites for hydroxylation is 1. The van der Waals surface area contributed by atoms with E-state index in [9.17, 15) is 24.3 Å². The topological polar surface area (TPSA) is 125 Å². The summed E-state index contributed by atoms with van der Waals surface area (Å²) in [5, 5.41) is 15.4. The van der Waals surface area contributed by atoms with E-state index in [0.29, 0.717) is 49.9 Å². The zero-order valence-electron chi connectivity index (χ0n) is 20.4. The van der Waals surface area contributed by atoms with Gasteiger partial charge in [0.15, 0.2) is 0 Å². The van der Waals surface area contributed by atoms with Crippen molar-refractivity contribution >= 4 is 29.4 Å². The molecule has 192 valence electrons. The molecular weight excluding hydrogens is 462 g/mol. The first-order chi connectivity index (χ1) is 17.4. The van der Waals surface area contributed by atoms with Gasteiger partial charge >= 0.3 is 11.9 Å². The van der Waals surface area contributed by atoms with E-state index in [-0.39, 0.29) is 18.4 Å². The van der Waals surface area contributed by atoms with Gasteiger partial charge in [-0.1, -0.05) is 36.4 Å². The Kier molecular flexibility index (Phi) is 10.00. The van der Waals surface area contributed by atoms with E-state index < -0.39 is 30.6 Å². The quantitative estimate of drug-likeness (QED) is 0.305. The number of fused-ring (bicyclic) bond motifs is 1. The molecule has 1 heterocycles. The minimum Gasteiger partial charge on any atom is -0.480 e. The summed E-state index contributed by atoms with van der Waals surface area (Å²) in [6, 6.07) is 14.7. The monoisotopic (exact) mass is 495 g/mol. The van der Waals surface area contributed by atoms with Gasteiger partial charge in [0, 0.05) is 17.8 Å². The van der Waals surface area contributed by atoms with Gasteiger partial charge in [0.25, 0.3) is 5.91 Å². The van der Waals surface area contributed by atoms with Crippen LogP contribution in [0.1, 0.15) is 48.5 Å². The average Bonchev–Trinajstić information content (AvgIpc) is 3.00. The molecule has 2 unspecified atom stereocenters. The Hall–Kier alpha value is -3.72. The van der Waals surface area contributed by atoms with Crippen molar-refractivity contribution in [1.29, 1.82) is 0 Å². The zero-order chi connectivity index (χ0) is 25.9. The molecule has 3 N–H and O–H groups in total. The van der Waals surface area contributed by atoms with Crippen molar-refractivity contribution in [1.82, 2.24) is 10.6 Å². The lowest BCUT2D eigenvalue weighted by molar-refractivity contribution is -0.146. The molecule has 1 aliphatic rings. The van der Waals surface area contributed by atoms with E-state index in [0.717, 1.165) is 5.56 Å². The summed E-state index contributed by atoms with van der Waals surface area (Å²) in [4.78, 5) is 51.0. The largest absolute Gasteiger partial charge is 0.480 e. The molecule has 0 saturated carbocycles. The summed E-state index contributed by atoms with van der Waals surface area (Å²) < 4.78 is 5.23. The smallest absolute Gasteiger partial charge is 0.323 e. The van der Waals surface area contributed by atoms with Crippen LogP contribution in [0.4, 0.5) is 5.69 Å². The van der Waals surface area contributed by atoms with Gasteiger partial charge in [0.05, 0.1) is 12.6 Å². The van der Waals surface area contributed by atoms with Crippen LogP contribution in [0, 0.1) is 0 Å². The molecule has 3 rings (SSSR count). The van der Waals surface area contributed by atoms with E-state index in [1.54, 1.807) is 43.3 Å². The number of unbranched alkanes of at least 4 members (excludes halogenated alkanes) is 1. The maximum Gasteiger partial charge on any atom is 0.323 e. The minimum atomic E-state index is -1.11. The summed E-state index contributed by atoms with van der Waals surface area (Å²) >= 11 is 0. The number of hydrogen-bond acceptors (Lipinski definition) is 6. The summed E-state index contributed by atoms with van der Waals surface area (Å²) in [5.74, 6) is -2.10. The number of benzene rings is 2. The van der Waals surface area contributed by atoms with E-state index in [2.05, 4.69) is 10.6 Å². The molecule has 0 radical (unpaired) electrons. The summed E-state index contributed by atoms with van der Waals surface area (Å²) in [7, 11) is 0. The van der Waals surface area contributed by atoms with Crippen molar-refractivity contribution in [3.05, 3.63) is 65.7 Å². The molecule has 2 atom stereocenters. The molecule has 0 spiro atoms. The first-order valence-corrected chi connectivity index (χ1v) is 12.3.